The van der Waals surface area contributed by atoms with Crippen molar-refractivity contribution >= 4 is 10.1 Å². The highest BCUT2D eigenvalue weighted by atomic mass is 32.2. The summed E-state index contributed by atoms with van der Waals surface area (Å²) < 4.78 is 37.3. The molecule has 0 aliphatic heterocycles. The monoisotopic (exact) mass is 322 g/mol. The first kappa shape index (κ1) is 16.3. The van der Waals surface area contributed by atoms with Gasteiger partial charge < -0.3 is 9.47 Å². The van der Waals surface area contributed by atoms with Gasteiger partial charge in [0.2, 0.25) is 0 Å². The standard InChI is InChI=1S/C16H18O5S/c1-22(17,18)20-13-5-12-19-14-8-10-16(11-9-14)21-15-6-3-2-4-7-15/h2-4,6-11H,5,12-13H2,1H3. The maximum Gasteiger partial charge on any atom is 0.264 e. The Bertz CT molecular complexity index is 665. The summed E-state index contributed by atoms with van der Waals surface area (Å²) in [6, 6.07) is 16.7. The fraction of sp³-hybridized carbons (Fsp3) is 0.250. The average Bonchev–Trinajstić information content (AvgIpc) is 2.48. The van der Waals surface area contributed by atoms with Crippen molar-refractivity contribution in [2.45, 2.75) is 6.42 Å². The molecule has 0 radical (unpaired) electrons. The summed E-state index contributed by atoms with van der Waals surface area (Å²) in [4.78, 5) is 0. The SMILES string of the molecule is CS(=O)(=O)OCCCOc1ccc(Oc2ccccc2)cc1. The Hall–Kier alpha value is -2.05. The summed E-state index contributed by atoms with van der Waals surface area (Å²) in [7, 11) is -3.38. The summed E-state index contributed by atoms with van der Waals surface area (Å²) >= 11 is 0. The quantitative estimate of drug-likeness (QED) is 0.551. The second-order valence-electron chi connectivity index (χ2n) is 4.61. The van der Waals surface area contributed by atoms with Gasteiger partial charge in [-0.05, 0) is 36.4 Å². The fourth-order valence-corrected chi connectivity index (χ4v) is 2.11. The molecule has 6 heteroatoms. The molecule has 22 heavy (non-hydrogen) atoms. The lowest BCUT2D eigenvalue weighted by molar-refractivity contribution is 0.252. The molecule has 0 aliphatic carbocycles. The lowest BCUT2D eigenvalue weighted by Crippen LogP contribution is -2.07. The van der Waals surface area contributed by atoms with Crippen molar-refractivity contribution in [2.24, 2.45) is 0 Å². The molecular formula is C16H18O5S. The zero-order valence-corrected chi connectivity index (χ0v) is 13.1. The highest BCUT2D eigenvalue weighted by molar-refractivity contribution is 7.85. The summed E-state index contributed by atoms with van der Waals surface area (Å²) in [6.45, 7) is 0.502. The highest BCUT2D eigenvalue weighted by Gasteiger charge is 2.01. The lowest BCUT2D eigenvalue weighted by Gasteiger charge is -2.08. The molecule has 0 fully saturated rings. The van der Waals surface area contributed by atoms with Crippen LogP contribution >= 0.6 is 0 Å². The van der Waals surface area contributed by atoms with Gasteiger partial charge in [0.25, 0.3) is 10.1 Å². The van der Waals surface area contributed by atoms with E-state index < -0.39 is 10.1 Å². The molecule has 118 valence electrons. The van der Waals surface area contributed by atoms with E-state index in [9.17, 15) is 8.42 Å². The van der Waals surface area contributed by atoms with Crippen LogP contribution in [0, 0.1) is 0 Å². The van der Waals surface area contributed by atoms with E-state index in [0.29, 0.717) is 18.8 Å². The molecule has 0 atom stereocenters. The largest absolute Gasteiger partial charge is 0.494 e. The minimum atomic E-state index is -3.38. The van der Waals surface area contributed by atoms with Gasteiger partial charge in [-0.2, -0.15) is 8.42 Å². The predicted molar refractivity (Wildman–Crippen MR) is 83.9 cm³/mol. The van der Waals surface area contributed by atoms with E-state index in [4.69, 9.17) is 9.47 Å². The smallest absolute Gasteiger partial charge is 0.264 e. The van der Waals surface area contributed by atoms with E-state index in [0.717, 1.165) is 17.8 Å². The van der Waals surface area contributed by atoms with Gasteiger partial charge in [0.15, 0.2) is 0 Å². The topological polar surface area (TPSA) is 61.8 Å². The van der Waals surface area contributed by atoms with Crippen molar-refractivity contribution < 1.29 is 22.1 Å². The maximum absolute atomic E-state index is 10.8. The van der Waals surface area contributed by atoms with Crippen molar-refractivity contribution in [1.82, 2.24) is 0 Å². The molecule has 2 rings (SSSR count). The fourth-order valence-electron chi connectivity index (χ4n) is 1.69. The second-order valence-corrected chi connectivity index (χ2v) is 6.26. The molecule has 0 saturated heterocycles. The zero-order valence-electron chi connectivity index (χ0n) is 12.3. The Morgan fingerprint density at radius 3 is 2.05 bits per heavy atom. The Labute approximate surface area is 130 Å². The van der Waals surface area contributed by atoms with Crippen molar-refractivity contribution in [3.63, 3.8) is 0 Å². The normalized spacial score (nSPS) is 11.1. The molecule has 5 nitrogen and oxygen atoms in total. The van der Waals surface area contributed by atoms with Crippen molar-refractivity contribution in [3.05, 3.63) is 54.6 Å². The van der Waals surface area contributed by atoms with Gasteiger partial charge >= 0.3 is 0 Å². The van der Waals surface area contributed by atoms with E-state index >= 15 is 0 Å². The van der Waals surface area contributed by atoms with E-state index in [-0.39, 0.29) is 6.61 Å². The van der Waals surface area contributed by atoms with Crippen LogP contribution in [0.5, 0.6) is 17.2 Å². The van der Waals surface area contributed by atoms with Crippen LogP contribution in [0.4, 0.5) is 0 Å². The maximum atomic E-state index is 10.8. The number of rotatable bonds is 8. The first-order valence-corrected chi connectivity index (χ1v) is 8.65. The van der Waals surface area contributed by atoms with Crippen LogP contribution in [0.3, 0.4) is 0 Å². The summed E-state index contributed by atoms with van der Waals surface area (Å²) in [6.07, 6.45) is 1.52. The minimum Gasteiger partial charge on any atom is -0.494 e. The van der Waals surface area contributed by atoms with Gasteiger partial charge in [-0.25, -0.2) is 0 Å². The summed E-state index contributed by atoms with van der Waals surface area (Å²) in [5.41, 5.74) is 0. The Morgan fingerprint density at radius 1 is 0.818 bits per heavy atom. The van der Waals surface area contributed by atoms with Crippen LogP contribution in [0.15, 0.2) is 54.6 Å². The van der Waals surface area contributed by atoms with Gasteiger partial charge in [0.05, 0.1) is 19.5 Å². The highest BCUT2D eigenvalue weighted by Crippen LogP contribution is 2.23. The molecular weight excluding hydrogens is 304 g/mol. The third-order valence-electron chi connectivity index (χ3n) is 2.66. The average molecular weight is 322 g/mol. The minimum absolute atomic E-state index is 0.119. The molecule has 0 N–H and O–H groups in total. The third-order valence-corrected chi connectivity index (χ3v) is 3.25. The first-order valence-electron chi connectivity index (χ1n) is 6.83. The second kappa shape index (κ2) is 7.82. The molecule has 0 aliphatic rings. The Balaban J connectivity index is 1.75. The Kier molecular flexibility index (Phi) is 5.80. The molecule has 0 heterocycles. The van der Waals surface area contributed by atoms with Crippen LogP contribution in [0.1, 0.15) is 6.42 Å². The summed E-state index contributed by atoms with van der Waals surface area (Å²) in [5, 5.41) is 0. The number of hydrogen-bond acceptors (Lipinski definition) is 5. The summed E-state index contributed by atoms with van der Waals surface area (Å²) in [5.74, 6) is 2.19. The molecule has 2 aromatic carbocycles. The van der Waals surface area contributed by atoms with Gasteiger partial charge in [0.1, 0.15) is 17.2 Å². The number of ether oxygens (including phenoxy) is 2. The molecule has 0 bridgehead atoms. The number of benzene rings is 2. The molecule has 2 aromatic rings. The zero-order chi connectivity index (χ0) is 15.8. The molecule has 0 saturated carbocycles. The Morgan fingerprint density at radius 2 is 1.41 bits per heavy atom. The first-order chi connectivity index (χ1) is 10.5. The van der Waals surface area contributed by atoms with E-state index in [1.54, 1.807) is 12.1 Å². The molecule has 0 spiro atoms. The number of para-hydroxylation sites is 1. The van der Waals surface area contributed by atoms with Crippen molar-refractivity contribution in [2.75, 3.05) is 19.5 Å². The van der Waals surface area contributed by atoms with E-state index in [1.165, 1.54) is 0 Å². The molecule has 0 unspecified atom stereocenters. The molecule has 0 aromatic heterocycles. The van der Waals surface area contributed by atoms with Crippen LogP contribution in [-0.4, -0.2) is 27.9 Å². The van der Waals surface area contributed by atoms with Crippen LogP contribution in [0.25, 0.3) is 0 Å². The lowest BCUT2D eigenvalue weighted by atomic mass is 10.3. The van der Waals surface area contributed by atoms with Gasteiger partial charge in [-0.15, -0.1) is 0 Å². The van der Waals surface area contributed by atoms with E-state index in [2.05, 4.69) is 4.18 Å². The van der Waals surface area contributed by atoms with Gasteiger partial charge in [-0.3, -0.25) is 4.18 Å². The van der Waals surface area contributed by atoms with Gasteiger partial charge in [-0.1, -0.05) is 18.2 Å². The van der Waals surface area contributed by atoms with Crippen molar-refractivity contribution in [1.29, 1.82) is 0 Å². The van der Waals surface area contributed by atoms with Crippen LogP contribution < -0.4 is 9.47 Å². The van der Waals surface area contributed by atoms with Crippen molar-refractivity contribution in [3.8, 4) is 17.2 Å². The van der Waals surface area contributed by atoms with Gasteiger partial charge in [0, 0.05) is 6.42 Å². The number of hydrogen-bond donors (Lipinski definition) is 0. The molecule has 0 amide bonds. The van der Waals surface area contributed by atoms with Crippen LogP contribution in [-0.2, 0) is 14.3 Å². The predicted octanol–water partition coefficient (Wildman–Crippen LogP) is 3.22. The third kappa shape index (κ3) is 6.15. The van der Waals surface area contributed by atoms with Crippen LogP contribution in [0.2, 0.25) is 0 Å². The van der Waals surface area contributed by atoms with E-state index in [1.807, 2.05) is 42.5 Å².